The van der Waals surface area contributed by atoms with Crippen LogP contribution in [0.1, 0.15) is 25.7 Å². The molecule has 0 aromatic rings. The molecular weight excluding hydrogens is 586 g/mol. The second kappa shape index (κ2) is 37.7. The van der Waals surface area contributed by atoms with E-state index in [-0.39, 0.29) is 32.0 Å². The molecule has 0 bridgehead atoms. The topological polar surface area (TPSA) is 168 Å². The average Bonchev–Trinajstić information content (AvgIpc) is 3.01. The zero-order chi connectivity index (χ0) is 32.0. The molecule has 0 fully saturated rings. The van der Waals surface area contributed by atoms with Gasteiger partial charge in [0.25, 0.3) is 0 Å². The predicted molar refractivity (Wildman–Crippen MR) is 159 cm³/mol. The van der Waals surface area contributed by atoms with Crippen LogP contribution < -0.4 is 5.32 Å². The summed E-state index contributed by atoms with van der Waals surface area (Å²) < 4.78 is 59.2. The fraction of sp³-hybridized carbons (Fsp3) is 0.931. The Morgan fingerprint density at radius 2 is 0.705 bits per heavy atom. The Bertz CT molecular complexity index is 602. The molecule has 0 saturated carbocycles. The Morgan fingerprint density at radius 1 is 0.432 bits per heavy atom. The van der Waals surface area contributed by atoms with Gasteiger partial charge in [0.1, 0.15) is 6.61 Å². The summed E-state index contributed by atoms with van der Waals surface area (Å²) >= 11 is 0. The SMILES string of the molecule is CNCCOCCOCCOCCOCCOCCOCCOCCOCCOCCOCCOC(=O)CCCCC(=O)O. The predicted octanol–water partition coefficient (Wildman–Crippen LogP) is 0.560. The lowest BCUT2D eigenvalue weighted by Gasteiger charge is -2.09. The van der Waals surface area contributed by atoms with Crippen molar-refractivity contribution in [2.75, 3.05) is 152 Å². The van der Waals surface area contributed by atoms with Crippen LogP contribution in [0.3, 0.4) is 0 Å². The molecule has 44 heavy (non-hydrogen) atoms. The second-order valence-corrected chi connectivity index (χ2v) is 9.05. The molecule has 15 nitrogen and oxygen atoms in total. The molecule has 262 valence electrons. The fourth-order valence-corrected chi connectivity index (χ4v) is 3.09. The van der Waals surface area contributed by atoms with Crippen LogP contribution >= 0.6 is 0 Å². The van der Waals surface area contributed by atoms with Crippen LogP contribution in [0, 0.1) is 0 Å². The zero-order valence-corrected chi connectivity index (χ0v) is 26.6. The number of unbranched alkanes of at least 4 members (excludes halogenated alkanes) is 1. The molecular formula is C29H57NO14. The molecule has 0 aliphatic heterocycles. The molecule has 0 amide bonds. The van der Waals surface area contributed by atoms with Crippen LogP contribution in [0.25, 0.3) is 0 Å². The average molecular weight is 644 g/mol. The first kappa shape index (κ1) is 42.5. The third kappa shape index (κ3) is 38.5. The normalized spacial score (nSPS) is 11.3. The standard InChI is InChI=1S/C29H57NO14/c1-30-6-7-34-8-9-35-10-11-36-12-13-37-14-15-38-16-17-39-18-19-40-20-21-41-22-23-42-24-25-43-26-27-44-29(33)5-3-2-4-28(31)32/h30H,2-27H2,1H3,(H,31,32). The third-order valence-corrected chi connectivity index (χ3v) is 5.36. The molecule has 0 radical (unpaired) electrons. The Hall–Kier alpha value is -1.50. The lowest BCUT2D eigenvalue weighted by atomic mass is 10.2. The molecule has 2 N–H and O–H groups in total. The van der Waals surface area contributed by atoms with Gasteiger partial charge in [-0.1, -0.05) is 0 Å². The molecule has 0 heterocycles. The van der Waals surface area contributed by atoms with Gasteiger partial charge < -0.3 is 62.5 Å². The number of rotatable bonds is 38. The van der Waals surface area contributed by atoms with E-state index in [0.29, 0.717) is 138 Å². The maximum Gasteiger partial charge on any atom is 0.305 e. The summed E-state index contributed by atoms with van der Waals surface area (Å²) in [6.07, 6.45) is 1.24. The van der Waals surface area contributed by atoms with Crippen molar-refractivity contribution < 1.29 is 66.8 Å². The number of aliphatic carboxylic acids is 1. The van der Waals surface area contributed by atoms with E-state index in [9.17, 15) is 9.59 Å². The Kier molecular flexibility index (Phi) is 36.4. The summed E-state index contributed by atoms with van der Waals surface area (Å²) in [6, 6.07) is 0. The van der Waals surface area contributed by atoms with E-state index in [1.54, 1.807) is 0 Å². The number of esters is 1. The molecule has 15 heteroatoms. The Morgan fingerprint density at radius 3 is 1.00 bits per heavy atom. The highest BCUT2D eigenvalue weighted by Gasteiger charge is 2.04. The first-order valence-electron chi connectivity index (χ1n) is 15.5. The first-order valence-corrected chi connectivity index (χ1v) is 15.5. The minimum absolute atomic E-state index is 0.0613. The van der Waals surface area contributed by atoms with Gasteiger partial charge >= 0.3 is 11.9 Å². The minimum atomic E-state index is -0.862. The van der Waals surface area contributed by atoms with E-state index in [1.165, 1.54) is 0 Å². The highest BCUT2D eigenvalue weighted by atomic mass is 16.6. The first-order chi connectivity index (χ1) is 21.7. The van der Waals surface area contributed by atoms with Crippen molar-refractivity contribution in [3.8, 4) is 0 Å². The fourth-order valence-electron chi connectivity index (χ4n) is 3.09. The largest absolute Gasteiger partial charge is 0.481 e. The quantitative estimate of drug-likeness (QED) is 0.0707. The molecule has 0 aromatic carbocycles. The van der Waals surface area contributed by atoms with E-state index in [2.05, 4.69) is 5.32 Å². The molecule has 0 unspecified atom stereocenters. The Labute approximate surface area is 262 Å². The third-order valence-electron chi connectivity index (χ3n) is 5.36. The molecule has 0 aliphatic carbocycles. The summed E-state index contributed by atoms with van der Waals surface area (Å²) in [6.45, 7) is 10.8. The summed E-state index contributed by atoms with van der Waals surface area (Å²) in [5, 5.41) is 11.6. The number of hydrogen-bond acceptors (Lipinski definition) is 14. The van der Waals surface area contributed by atoms with Crippen LogP contribution in [0.15, 0.2) is 0 Å². The van der Waals surface area contributed by atoms with Crippen molar-refractivity contribution in [1.29, 1.82) is 0 Å². The number of carbonyl (C=O) groups is 2. The molecule has 0 atom stereocenters. The molecule has 0 aromatic heterocycles. The van der Waals surface area contributed by atoms with E-state index in [1.807, 2.05) is 7.05 Å². The van der Waals surface area contributed by atoms with Crippen molar-refractivity contribution in [3.63, 3.8) is 0 Å². The minimum Gasteiger partial charge on any atom is -0.481 e. The summed E-state index contributed by atoms with van der Waals surface area (Å²) in [5.41, 5.74) is 0. The number of nitrogens with one attached hydrogen (secondary N) is 1. The summed E-state index contributed by atoms with van der Waals surface area (Å²) in [7, 11) is 1.89. The number of ether oxygens (including phenoxy) is 11. The maximum absolute atomic E-state index is 11.5. The van der Waals surface area contributed by atoms with Crippen molar-refractivity contribution in [1.82, 2.24) is 5.32 Å². The lowest BCUT2D eigenvalue weighted by molar-refractivity contribution is -0.146. The van der Waals surface area contributed by atoms with Crippen molar-refractivity contribution in [2.45, 2.75) is 25.7 Å². The monoisotopic (exact) mass is 643 g/mol. The van der Waals surface area contributed by atoms with E-state index in [0.717, 1.165) is 6.54 Å². The van der Waals surface area contributed by atoms with Gasteiger partial charge in [0.15, 0.2) is 0 Å². The summed E-state index contributed by atoms with van der Waals surface area (Å²) in [5.74, 6) is -1.21. The van der Waals surface area contributed by atoms with Crippen molar-refractivity contribution >= 4 is 11.9 Å². The summed E-state index contributed by atoms with van der Waals surface area (Å²) in [4.78, 5) is 21.9. The van der Waals surface area contributed by atoms with Crippen molar-refractivity contribution in [3.05, 3.63) is 0 Å². The van der Waals surface area contributed by atoms with Crippen molar-refractivity contribution in [2.24, 2.45) is 0 Å². The highest BCUT2D eigenvalue weighted by molar-refractivity contribution is 5.69. The zero-order valence-electron chi connectivity index (χ0n) is 26.6. The van der Waals surface area contributed by atoms with E-state index in [4.69, 9.17) is 57.2 Å². The second-order valence-electron chi connectivity index (χ2n) is 9.05. The number of hydrogen-bond donors (Lipinski definition) is 2. The highest BCUT2D eigenvalue weighted by Crippen LogP contribution is 2.01. The number of carboxylic acid groups (broad SMARTS) is 1. The molecule has 0 aliphatic rings. The van der Waals surface area contributed by atoms with Gasteiger partial charge in [0, 0.05) is 19.4 Å². The molecule has 0 saturated heterocycles. The Balaban J connectivity index is 3.09. The van der Waals surface area contributed by atoms with Gasteiger partial charge in [-0.25, -0.2) is 0 Å². The van der Waals surface area contributed by atoms with Crippen LogP contribution in [0.2, 0.25) is 0 Å². The molecule has 0 rings (SSSR count). The number of likely N-dealkylation sites (N-methyl/N-ethyl adjacent to an activating group) is 1. The van der Waals surface area contributed by atoms with Gasteiger partial charge in [-0.05, 0) is 19.9 Å². The van der Waals surface area contributed by atoms with Gasteiger partial charge in [0.2, 0.25) is 0 Å². The maximum atomic E-state index is 11.5. The van der Waals surface area contributed by atoms with Gasteiger partial charge in [-0.2, -0.15) is 0 Å². The van der Waals surface area contributed by atoms with Gasteiger partial charge in [-0.3, -0.25) is 9.59 Å². The van der Waals surface area contributed by atoms with Gasteiger partial charge in [0.05, 0.1) is 132 Å². The number of carboxylic acids is 1. The molecule has 0 spiro atoms. The van der Waals surface area contributed by atoms with E-state index >= 15 is 0 Å². The smallest absolute Gasteiger partial charge is 0.305 e. The van der Waals surface area contributed by atoms with Crippen LogP contribution in [-0.4, -0.2) is 169 Å². The van der Waals surface area contributed by atoms with E-state index < -0.39 is 5.97 Å². The lowest BCUT2D eigenvalue weighted by Crippen LogP contribution is -2.17. The van der Waals surface area contributed by atoms with Crippen LogP contribution in [0.5, 0.6) is 0 Å². The van der Waals surface area contributed by atoms with Gasteiger partial charge in [-0.15, -0.1) is 0 Å². The van der Waals surface area contributed by atoms with Crippen LogP contribution in [-0.2, 0) is 61.7 Å². The van der Waals surface area contributed by atoms with Crippen LogP contribution in [0.4, 0.5) is 0 Å². The number of carbonyl (C=O) groups excluding carboxylic acids is 1.